The van der Waals surface area contributed by atoms with Crippen LogP contribution in [0.3, 0.4) is 0 Å². The molecule has 1 aromatic heterocycles. The van der Waals surface area contributed by atoms with Crippen molar-refractivity contribution in [1.29, 1.82) is 0 Å². The van der Waals surface area contributed by atoms with E-state index in [1.807, 2.05) is 17.6 Å². The van der Waals surface area contributed by atoms with Crippen LogP contribution >= 0.6 is 11.6 Å². The summed E-state index contributed by atoms with van der Waals surface area (Å²) in [4.78, 5) is 23.9. The molecule has 2 heterocycles. The number of ketones is 1. The first-order valence-electron chi connectivity index (χ1n) is 6.72. The molecule has 0 amide bonds. The lowest BCUT2D eigenvalue weighted by Gasteiger charge is -2.07. The molecule has 0 radical (unpaired) electrons. The van der Waals surface area contributed by atoms with Crippen molar-refractivity contribution in [1.82, 2.24) is 4.57 Å². The highest BCUT2D eigenvalue weighted by atomic mass is 35.5. The maximum absolute atomic E-state index is 12.7. The second-order valence-electron chi connectivity index (χ2n) is 5.27. The molecule has 1 aliphatic rings. The van der Waals surface area contributed by atoms with Gasteiger partial charge in [0, 0.05) is 22.8 Å². The number of carbonyl (C=O) groups is 2. The fourth-order valence-electron chi connectivity index (χ4n) is 2.96. The summed E-state index contributed by atoms with van der Waals surface area (Å²) in [5.41, 5.74) is 2.60. The first-order valence-corrected chi connectivity index (χ1v) is 7.10. The van der Waals surface area contributed by atoms with E-state index in [1.54, 1.807) is 24.3 Å². The van der Waals surface area contributed by atoms with Gasteiger partial charge < -0.3 is 9.67 Å². The quantitative estimate of drug-likeness (QED) is 0.885. The average Bonchev–Trinajstić information content (AvgIpc) is 2.95. The van der Waals surface area contributed by atoms with Crippen molar-refractivity contribution in [3.05, 3.63) is 57.9 Å². The van der Waals surface area contributed by atoms with Crippen molar-refractivity contribution >= 4 is 23.4 Å². The largest absolute Gasteiger partial charge is 0.481 e. The molecule has 3 rings (SSSR count). The number of carbonyl (C=O) groups excluding carboxylic acids is 1. The van der Waals surface area contributed by atoms with E-state index >= 15 is 0 Å². The van der Waals surface area contributed by atoms with Crippen LogP contribution in [0, 0.1) is 6.92 Å². The van der Waals surface area contributed by atoms with Crippen molar-refractivity contribution in [2.24, 2.45) is 0 Å². The smallest absolute Gasteiger partial charge is 0.312 e. The summed E-state index contributed by atoms with van der Waals surface area (Å²) in [6, 6.07) is 8.61. The maximum atomic E-state index is 12.7. The summed E-state index contributed by atoms with van der Waals surface area (Å²) in [5, 5.41) is 9.75. The van der Waals surface area contributed by atoms with Gasteiger partial charge in [-0.25, -0.2) is 0 Å². The van der Waals surface area contributed by atoms with Crippen molar-refractivity contribution in [3.63, 3.8) is 0 Å². The van der Waals surface area contributed by atoms with Crippen LogP contribution < -0.4 is 0 Å². The minimum Gasteiger partial charge on any atom is -0.481 e. The summed E-state index contributed by atoms with van der Waals surface area (Å²) in [6.45, 7) is 2.39. The Morgan fingerprint density at radius 3 is 2.76 bits per heavy atom. The van der Waals surface area contributed by atoms with Gasteiger partial charge in [-0.2, -0.15) is 0 Å². The molecule has 4 nitrogen and oxygen atoms in total. The molecule has 2 aromatic rings. The number of hydrogen-bond acceptors (Lipinski definition) is 2. The lowest BCUT2D eigenvalue weighted by atomic mass is 10.0. The highest BCUT2D eigenvalue weighted by Gasteiger charge is 2.33. The Bertz CT molecular complexity index is 748. The Kier molecular flexibility index (Phi) is 3.33. The Morgan fingerprint density at radius 2 is 2.10 bits per heavy atom. The molecule has 1 aromatic carbocycles. The fraction of sp³-hybridized carbons (Fsp3) is 0.250. The fourth-order valence-corrected chi connectivity index (χ4v) is 3.15. The third kappa shape index (κ3) is 2.25. The zero-order valence-electron chi connectivity index (χ0n) is 11.5. The predicted octanol–water partition coefficient (Wildman–Crippen LogP) is 3.25. The molecule has 0 saturated heterocycles. The molecule has 0 spiro atoms. The number of aryl methyl sites for hydroxylation is 1. The molecule has 108 valence electrons. The normalized spacial score (nSPS) is 16.8. The molecule has 0 saturated carbocycles. The van der Waals surface area contributed by atoms with Gasteiger partial charge in [0.05, 0.1) is 11.6 Å². The van der Waals surface area contributed by atoms with Crippen LogP contribution in [0.2, 0.25) is 5.02 Å². The number of benzene rings is 1. The maximum Gasteiger partial charge on any atom is 0.312 e. The number of halogens is 1. The van der Waals surface area contributed by atoms with Crippen molar-refractivity contribution in [2.45, 2.75) is 25.8 Å². The number of carboxylic acids is 1. The van der Waals surface area contributed by atoms with Crippen LogP contribution in [0.4, 0.5) is 0 Å². The van der Waals surface area contributed by atoms with Crippen LogP contribution in [0.1, 0.15) is 39.6 Å². The minimum atomic E-state index is -0.840. The summed E-state index contributed by atoms with van der Waals surface area (Å²) in [5.74, 6) is -1.48. The highest BCUT2D eigenvalue weighted by molar-refractivity contribution is 6.31. The number of hydrogen-bond donors (Lipinski definition) is 1. The van der Waals surface area contributed by atoms with Crippen LogP contribution in [-0.2, 0) is 11.3 Å². The number of aromatic nitrogens is 1. The van der Waals surface area contributed by atoms with E-state index in [1.165, 1.54) is 0 Å². The van der Waals surface area contributed by atoms with Gasteiger partial charge in [0.1, 0.15) is 0 Å². The molecule has 0 bridgehead atoms. The Hall–Kier alpha value is -2.07. The molecule has 1 unspecified atom stereocenters. The molecular weight excluding hydrogens is 290 g/mol. The van der Waals surface area contributed by atoms with E-state index in [2.05, 4.69) is 0 Å². The number of nitrogens with zero attached hydrogens (tertiary/aromatic N) is 1. The number of carboxylic acid groups (broad SMARTS) is 1. The van der Waals surface area contributed by atoms with Gasteiger partial charge in [0.2, 0.25) is 5.78 Å². The molecule has 0 fully saturated rings. The van der Waals surface area contributed by atoms with Gasteiger partial charge >= 0.3 is 5.97 Å². The molecule has 0 aliphatic carbocycles. The summed E-state index contributed by atoms with van der Waals surface area (Å²) < 4.78 is 1.83. The topological polar surface area (TPSA) is 59.3 Å². The molecule has 1 atom stereocenters. The van der Waals surface area contributed by atoms with Gasteiger partial charge in [0.15, 0.2) is 0 Å². The number of fused-ring (bicyclic) bond motifs is 1. The SMILES string of the molecule is Cc1cc2n(c1C(=O)c1cccc(Cl)c1)CCC2C(=O)O. The standard InChI is InChI=1S/C16H14ClNO3/c1-9-7-13-12(16(20)21)5-6-18(13)14(9)15(19)10-3-2-4-11(17)8-10/h2-4,7-8,12H,5-6H2,1H3,(H,20,21). The van der Waals surface area contributed by atoms with Gasteiger partial charge in [-0.15, -0.1) is 0 Å². The highest BCUT2D eigenvalue weighted by Crippen LogP contribution is 2.33. The lowest BCUT2D eigenvalue weighted by molar-refractivity contribution is -0.138. The second kappa shape index (κ2) is 5.04. The van der Waals surface area contributed by atoms with E-state index < -0.39 is 11.9 Å². The summed E-state index contributed by atoms with van der Waals surface area (Å²) in [7, 11) is 0. The van der Waals surface area contributed by atoms with E-state index in [-0.39, 0.29) is 5.78 Å². The third-order valence-corrected chi connectivity index (χ3v) is 4.15. The van der Waals surface area contributed by atoms with Crippen molar-refractivity contribution in [2.75, 3.05) is 0 Å². The Morgan fingerprint density at radius 1 is 1.33 bits per heavy atom. The van der Waals surface area contributed by atoms with E-state index in [0.29, 0.717) is 34.9 Å². The summed E-state index contributed by atoms with van der Waals surface area (Å²) in [6.07, 6.45) is 0.529. The Labute approximate surface area is 127 Å². The van der Waals surface area contributed by atoms with E-state index in [9.17, 15) is 14.7 Å². The first kappa shape index (κ1) is 13.9. The monoisotopic (exact) mass is 303 g/mol. The first-order chi connectivity index (χ1) is 9.99. The zero-order valence-corrected chi connectivity index (χ0v) is 12.2. The van der Waals surface area contributed by atoms with Gasteiger partial charge in [0.25, 0.3) is 0 Å². The molecular formula is C16H14ClNO3. The van der Waals surface area contributed by atoms with Crippen LogP contribution in [0.25, 0.3) is 0 Å². The van der Waals surface area contributed by atoms with Crippen LogP contribution in [-0.4, -0.2) is 21.4 Å². The molecule has 5 heteroatoms. The van der Waals surface area contributed by atoms with Gasteiger partial charge in [-0.3, -0.25) is 9.59 Å². The average molecular weight is 304 g/mol. The summed E-state index contributed by atoms with van der Waals surface area (Å²) >= 11 is 5.94. The van der Waals surface area contributed by atoms with Crippen molar-refractivity contribution in [3.8, 4) is 0 Å². The van der Waals surface area contributed by atoms with Crippen LogP contribution in [0.15, 0.2) is 30.3 Å². The lowest BCUT2D eigenvalue weighted by Crippen LogP contribution is -2.10. The van der Waals surface area contributed by atoms with Gasteiger partial charge in [-0.05, 0) is 37.1 Å². The second-order valence-corrected chi connectivity index (χ2v) is 5.71. The van der Waals surface area contributed by atoms with E-state index in [0.717, 1.165) is 5.56 Å². The number of aliphatic carboxylic acids is 1. The van der Waals surface area contributed by atoms with Gasteiger partial charge in [-0.1, -0.05) is 23.7 Å². The zero-order chi connectivity index (χ0) is 15.1. The number of rotatable bonds is 3. The molecule has 21 heavy (non-hydrogen) atoms. The third-order valence-electron chi connectivity index (χ3n) is 3.92. The van der Waals surface area contributed by atoms with E-state index in [4.69, 9.17) is 11.6 Å². The predicted molar refractivity (Wildman–Crippen MR) is 79.0 cm³/mol. The molecule has 1 N–H and O–H groups in total. The Balaban J connectivity index is 2.07. The van der Waals surface area contributed by atoms with Crippen molar-refractivity contribution < 1.29 is 14.7 Å². The minimum absolute atomic E-state index is 0.118. The van der Waals surface area contributed by atoms with Crippen LogP contribution in [0.5, 0.6) is 0 Å². The molecule has 1 aliphatic heterocycles.